The molecule has 5 heteroatoms. The molecule has 66 valence electrons. The average Bonchev–Trinajstić information content (AvgIpc) is 2.03. The van der Waals surface area contributed by atoms with Crippen molar-refractivity contribution in [3.05, 3.63) is 28.0 Å². The highest BCUT2D eigenvalue weighted by atomic mass is 79.9. The maximum absolute atomic E-state index is 12.3. The van der Waals surface area contributed by atoms with Crippen LogP contribution in [0.2, 0.25) is 0 Å². The highest BCUT2D eigenvalue weighted by Crippen LogP contribution is 2.27. The van der Waals surface area contributed by atoms with E-state index >= 15 is 0 Å². The van der Waals surface area contributed by atoms with Gasteiger partial charge in [-0.25, -0.2) is 8.78 Å². The molecule has 12 heavy (non-hydrogen) atoms. The summed E-state index contributed by atoms with van der Waals surface area (Å²) in [6, 6.07) is 1.64. The van der Waals surface area contributed by atoms with Gasteiger partial charge in [0.1, 0.15) is 5.69 Å². The van der Waals surface area contributed by atoms with Crippen LogP contribution in [-0.4, -0.2) is 4.98 Å². The molecule has 0 saturated carbocycles. The molecule has 1 aromatic rings. The number of hydrogen-bond acceptors (Lipinski definition) is 1. The first-order valence-electron chi connectivity index (χ1n) is 3.14. The quantitative estimate of drug-likeness (QED) is 0.759. The van der Waals surface area contributed by atoms with Crippen molar-refractivity contribution in [1.82, 2.24) is 4.98 Å². The van der Waals surface area contributed by atoms with Crippen LogP contribution in [0.25, 0.3) is 0 Å². The molecule has 0 amide bonds. The minimum atomic E-state index is -2.52. The summed E-state index contributed by atoms with van der Waals surface area (Å²) < 4.78 is 25.2. The van der Waals surface area contributed by atoms with Crippen molar-refractivity contribution in [2.45, 2.75) is 11.8 Å². The molecule has 0 unspecified atom stereocenters. The Kier molecular flexibility index (Phi) is 3.58. The molecule has 0 aromatic carbocycles. The Morgan fingerprint density at radius 2 is 2.17 bits per heavy atom. The molecule has 0 aliphatic heterocycles. The molecule has 0 aliphatic carbocycles. The van der Waals surface area contributed by atoms with Crippen molar-refractivity contribution >= 4 is 31.9 Å². The minimum absolute atomic E-state index is 0.166. The number of halogens is 4. The number of alkyl halides is 3. The third-order valence-electron chi connectivity index (χ3n) is 1.37. The van der Waals surface area contributed by atoms with Crippen LogP contribution in [0.15, 0.2) is 16.7 Å². The van der Waals surface area contributed by atoms with Crippen LogP contribution in [-0.2, 0) is 5.33 Å². The van der Waals surface area contributed by atoms with Crippen LogP contribution in [0.4, 0.5) is 8.78 Å². The molecule has 0 spiro atoms. The number of rotatable bonds is 2. The molecule has 1 rings (SSSR count). The van der Waals surface area contributed by atoms with Gasteiger partial charge in [-0.15, -0.1) is 0 Å². The predicted octanol–water partition coefficient (Wildman–Crippen LogP) is 3.68. The lowest BCUT2D eigenvalue weighted by atomic mass is 10.2. The average molecular weight is 301 g/mol. The van der Waals surface area contributed by atoms with E-state index in [1.165, 1.54) is 6.20 Å². The summed E-state index contributed by atoms with van der Waals surface area (Å²) in [4.78, 5) is 3.60. The predicted molar refractivity (Wildman–Crippen MR) is 49.5 cm³/mol. The zero-order valence-corrected chi connectivity index (χ0v) is 9.07. The highest BCUT2D eigenvalue weighted by molar-refractivity contribution is 9.10. The van der Waals surface area contributed by atoms with Gasteiger partial charge in [0.05, 0.1) is 0 Å². The fourth-order valence-electron chi connectivity index (χ4n) is 0.804. The zero-order valence-electron chi connectivity index (χ0n) is 5.90. The van der Waals surface area contributed by atoms with E-state index in [9.17, 15) is 8.78 Å². The van der Waals surface area contributed by atoms with E-state index in [-0.39, 0.29) is 5.69 Å². The number of pyridine rings is 1. The Morgan fingerprint density at radius 1 is 1.50 bits per heavy atom. The van der Waals surface area contributed by atoms with Crippen LogP contribution in [0.3, 0.4) is 0 Å². The molecule has 1 heterocycles. The standard InChI is InChI=1S/C7H5Br2F2N/c8-3-4-5(9)1-2-12-6(4)7(10)11/h1-2,7H,3H2. The molecule has 0 aliphatic rings. The van der Waals surface area contributed by atoms with Crippen LogP contribution in [0.5, 0.6) is 0 Å². The fourth-order valence-corrected chi connectivity index (χ4v) is 2.23. The molecule has 0 radical (unpaired) electrons. The second kappa shape index (κ2) is 4.28. The van der Waals surface area contributed by atoms with E-state index in [1.54, 1.807) is 6.07 Å². The minimum Gasteiger partial charge on any atom is -0.255 e. The fraction of sp³-hybridized carbons (Fsp3) is 0.286. The summed E-state index contributed by atoms with van der Waals surface area (Å²) in [6.45, 7) is 0. The van der Waals surface area contributed by atoms with Crippen molar-refractivity contribution < 1.29 is 8.78 Å². The normalized spacial score (nSPS) is 10.8. The SMILES string of the molecule is FC(F)c1nccc(Br)c1CBr. The Balaban J connectivity index is 3.18. The van der Waals surface area contributed by atoms with E-state index in [4.69, 9.17) is 0 Å². The van der Waals surface area contributed by atoms with Crippen LogP contribution < -0.4 is 0 Å². The van der Waals surface area contributed by atoms with Crippen molar-refractivity contribution in [3.8, 4) is 0 Å². The smallest absolute Gasteiger partial charge is 0.255 e. The molecule has 1 aromatic heterocycles. The van der Waals surface area contributed by atoms with E-state index in [0.29, 0.717) is 15.4 Å². The molecular weight excluding hydrogens is 296 g/mol. The third kappa shape index (κ3) is 2.01. The first-order chi connectivity index (χ1) is 5.66. The Hall–Kier alpha value is -0.0300. The van der Waals surface area contributed by atoms with Crippen molar-refractivity contribution in [2.75, 3.05) is 0 Å². The lowest BCUT2D eigenvalue weighted by Gasteiger charge is -2.05. The Morgan fingerprint density at radius 3 is 2.58 bits per heavy atom. The van der Waals surface area contributed by atoms with Gasteiger partial charge in [-0.3, -0.25) is 4.98 Å². The molecule has 0 N–H and O–H groups in total. The van der Waals surface area contributed by atoms with Crippen molar-refractivity contribution in [1.29, 1.82) is 0 Å². The summed E-state index contributed by atoms with van der Waals surface area (Å²) >= 11 is 6.30. The number of nitrogens with zero attached hydrogens (tertiary/aromatic N) is 1. The summed E-state index contributed by atoms with van der Waals surface area (Å²) in [5, 5.41) is 0.376. The van der Waals surface area contributed by atoms with E-state index in [2.05, 4.69) is 36.8 Å². The first kappa shape index (κ1) is 10.1. The molecule has 0 fully saturated rings. The maximum Gasteiger partial charge on any atom is 0.280 e. The van der Waals surface area contributed by atoms with Crippen molar-refractivity contribution in [2.24, 2.45) is 0 Å². The largest absolute Gasteiger partial charge is 0.280 e. The highest BCUT2D eigenvalue weighted by Gasteiger charge is 2.15. The molecule has 0 saturated heterocycles. The summed E-state index contributed by atoms with van der Waals surface area (Å²) in [5.74, 6) is 0. The zero-order chi connectivity index (χ0) is 9.14. The monoisotopic (exact) mass is 299 g/mol. The second-order valence-electron chi connectivity index (χ2n) is 2.09. The van der Waals surface area contributed by atoms with Gasteiger partial charge in [0.2, 0.25) is 0 Å². The molecule has 0 bridgehead atoms. The van der Waals surface area contributed by atoms with Gasteiger partial charge in [-0.2, -0.15) is 0 Å². The number of aromatic nitrogens is 1. The first-order valence-corrected chi connectivity index (χ1v) is 5.05. The van der Waals surface area contributed by atoms with E-state index in [1.807, 2.05) is 0 Å². The molecular formula is C7H5Br2F2N. The van der Waals surface area contributed by atoms with Gasteiger partial charge in [0.25, 0.3) is 6.43 Å². The number of hydrogen-bond donors (Lipinski definition) is 0. The Labute approximate surface area is 85.4 Å². The van der Waals surface area contributed by atoms with Crippen LogP contribution in [0.1, 0.15) is 17.7 Å². The van der Waals surface area contributed by atoms with Crippen LogP contribution >= 0.6 is 31.9 Å². The summed E-state index contributed by atoms with van der Waals surface area (Å²) in [5.41, 5.74) is 0.341. The van der Waals surface area contributed by atoms with Gasteiger partial charge in [-0.05, 0) is 6.07 Å². The second-order valence-corrected chi connectivity index (χ2v) is 3.51. The lowest BCUT2D eigenvalue weighted by molar-refractivity contribution is 0.145. The van der Waals surface area contributed by atoms with E-state index < -0.39 is 6.43 Å². The van der Waals surface area contributed by atoms with Crippen LogP contribution in [0, 0.1) is 0 Å². The van der Waals surface area contributed by atoms with Gasteiger partial charge in [-0.1, -0.05) is 31.9 Å². The maximum atomic E-state index is 12.3. The Bertz CT molecular complexity index is 278. The third-order valence-corrected chi connectivity index (χ3v) is 2.68. The topological polar surface area (TPSA) is 12.9 Å². The van der Waals surface area contributed by atoms with Gasteiger partial charge >= 0.3 is 0 Å². The van der Waals surface area contributed by atoms with Crippen molar-refractivity contribution in [3.63, 3.8) is 0 Å². The lowest BCUT2D eigenvalue weighted by Crippen LogP contribution is -1.96. The van der Waals surface area contributed by atoms with E-state index in [0.717, 1.165) is 0 Å². The van der Waals surface area contributed by atoms with Gasteiger partial charge in [0, 0.05) is 21.6 Å². The summed E-state index contributed by atoms with van der Waals surface area (Å²) in [7, 11) is 0. The van der Waals surface area contributed by atoms with Gasteiger partial charge < -0.3 is 0 Å². The molecule has 0 atom stereocenters. The summed E-state index contributed by atoms with van der Waals surface area (Å²) in [6.07, 6.45) is -1.16. The molecule has 1 nitrogen and oxygen atoms in total. The van der Waals surface area contributed by atoms with Gasteiger partial charge in [0.15, 0.2) is 0 Å².